The molecule has 0 bridgehead atoms. The highest BCUT2D eigenvalue weighted by Crippen LogP contribution is 2.29. The van der Waals surface area contributed by atoms with Gasteiger partial charge in [-0.05, 0) is 30.2 Å². The number of terminal acetylenes is 1. The van der Waals surface area contributed by atoms with Gasteiger partial charge in [0.25, 0.3) is 5.91 Å². The number of likely N-dealkylation sites (N-methyl/N-ethyl adjacent to an activating group) is 1. The van der Waals surface area contributed by atoms with Crippen LogP contribution in [0.2, 0.25) is 0 Å². The Morgan fingerprint density at radius 2 is 2.27 bits per heavy atom. The highest BCUT2D eigenvalue weighted by atomic mass is 16.5. The molecule has 0 aliphatic carbocycles. The van der Waals surface area contributed by atoms with E-state index in [9.17, 15) is 14.4 Å². The molecule has 1 unspecified atom stereocenters. The van der Waals surface area contributed by atoms with E-state index in [0.29, 0.717) is 37.5 Å². The number of carbonyl (C=O) groups excluding carboxylic acids is 3. The van der Waals surface area contributed by atoms with Crippen LogP contribution in [0.1, 0.15) is 28.8 Å². The summed E-state index contributed by atoms with van der Waals surface area (Å²) in [5.41, 5.74) is 1.33. The van der Waals surface area contributed by atoms with Crippen LogP contribution < -0.4 is 10.1 Å². The molecular weight excluding hydrogens is 336 g/mol. The number of aldehydes is 1. The van der Waals surface area contributed by atoms with Crippen LogP contribution in [0.25, 0.3) is 0 Å². The lowest BCUT2D eigenvalue weighted by molar-refractivity contribution is -0.125. The van der Waals surface area contributed by atoms with Gasteiger partial charge in [0.15, 0.2) is 0 Å². The quantitative estimate of drug-likeness (QED) is 0.379. The zero-order valence-electron chi connectivity index (χ0n) is 14.7. The Bertz CT molecular complexity index is 710. The Kier molecular flexibility index (Phi) is 7.18. The number of amides is 2. The van der Waals surface area contributed by atoms with Gasteiger partial charge in [-0.15, -0.1) is 6.42 Å². The van der Waals surface area contributed by atoms with Crippen LogP contribution in [0, 0.1) is 12.3 Å². The maximum Gasteiger partial charge on any atom is 0.255 e. The van der Waals surface area contributed by atoms with Gasteiger partial charge >= 0.3 is 0 Å². The number of hydrogen-bond acceptors (Lipinski definition) is 5. The zero-order valence-corrected chi connectivity index (χ0v) is 14.7. The first-order valence-electron chi connectivity index (χ1n) is 8.35. The number of hydrogen-bond donors (Lipinski definition) is 1. The lowest BCUT2D eigenvalue weighted by Crippen LogP contribution is -2.46. The molecule has 7 heteroatoms. The molecule has 1 atom stereocenters. The number of benzene rings is 1. The Morgan fingerprint density at radius 3 is 2.96 bits per heavy atom. The molecule has 1 N–H and O–H groups in total. The van der Waals surface area contributed by atoms with Crippen LogP contribution in [0.5, 0.6) is 5.75 Å². The van der Waals surface area contributed by atoms with Crippen molar-refractivity contribution in [3.05, 3.63) is 29.3 Å². The van der Waals surface area contributed by atoms with Gasteiger partial charge in [-0.3, -0.25) is 9.59 Å². The number of fused-ring (bicyclic) bond motifs is 1. The Hall–Kier alpha value is -2.85. The van der Waals surface area contributed by atoms with E-state index in [1.807, 2.05) is 0 Å². The number of carbonyl (C=O) groups is 3. The minimum absolute atomic E-state index is 0.213. The number of nitrogens with zero attached hydrogens (tertiary/aromatic N) is 1. The third-order valence-electron chi connectivity index (χ3n) is 4.07. The molecule has 0 radical (unpaired) electrons. The van der Waals surface area contributed by atoms with Crippen molar-refractivity contribution in [3.8, 4) is 18.1 Å². The Balaban J connectivity index is 2.05. The first-order valence-corrected chi connectivity index (χ1v) is 8.35. The average Bonchev–Trinajstić information content (AvgIpc) is 2.97. The van der Waals surface area contributed by atoms with Crippen molar-refractivity contribution in [1.82, 2.24) is 10.2 Å². The van der Waals surface area contributed by atoms with Gasteiger partial charge in [0.1, 0.15) is 31.3 Å². The van der Waals surface area contributed by atoms with E-state index < -0.39 is 6.04 Å². The molecule has 2 rings (SSSR count). The molecule has 7 nitrogen and oxygen atoms in total. The third kappa shape index (κ3) is 4.61. The van der Waals surface area contributed by atoms with Gasteiger partial charge in [-0.2, -0.15) is 0 Å². The molecule has 26 heavy (non-hydrogen) atoms. The summed E-state index contributed by atoms with van der Waals surface area (Å²) in [7, 11) is 1.51. The monoisotopic (exact) mass is 358 g/mol. The fourth-order valence-corrected chi connectivity index (χ4v) is 2.83. The second-order valence-corrected chi connectivity index (χ2v) is 5.73. The van der Waals surface area contributed by atoms with Crippen molar-refractivity contribution < 1.29 is 23.9 Å². The van der Waals surface area contributed by atoms with Gasteiger partial charge in [0, 0.05) is 25.6 Å². The molecule has 0 fully saturated rings. The number of rotatable bonds is 10. The van der Waals surface area contributed by atoms with Gasteiger partial charge in [-0.1, -0.05) is 5.92 Å². The molecule has 1 aromatic carbocycles. The summed E-state index contributed by atoms with van der Waals surface area (Å²) in [6, 6.07) is 4.51. The molecule has 0 saturated heterocycles. The van der Waals surface area contributed by atoms with Crippen LogP contribution in [0.15, 0.2) is 18.2 Å². The van der Waals surface area contributed by atoms with Crippen molar-refractivity contribution in [2.75, 3.05) is 26.9 Å². The number of nitrogens with one attached hydrogen (secondary N) is 1. The number of ether oxygens (including phenoxy) is 2. The van der Waals surface area contributed by atoms with Gasteiger partial charge in [0.2, 0.25) is 5.91 Å². The first-order chi connectivity index (χ1) is 12.6. The van der Waals surface area contributed by atoms with Crippen molar-refractivity contribution >= 4 is 18.1 Å². The molecule has 0 saturated carbocycles. The van der Waals surface area contributed by atoms with E-state index in [1.165, 1.54) is 11.9 Å². The highest BCUT2D eigenvalue weighted by Gasteiger charge is 2.35. The lowest BCUT2D eigenvalue weighted by Gasteiger charge is -2.25. The fraction of sp³-hybridized carbons (Fsp3) is 0.421. The minimum Gasteiger partial charge on any atom is -0.491 e. The van der Waals surface area contributed by atoms with E-state index in [2.05, 4.69) is 11.2 Å². The summed E-state index contributed by atoms with van der Waals surface area (Å²) in [6.45, 7) is 1.25. The summed E-state index contributed by atoms with van der Waals surface area (Å²) in [5.74, 6) is 2.49. The molecular formula is C19H22N2O5. The summed E-state index contributed by atoms with van der Waals surface area (Å²) in [4.78, 5) is 36.9. The first kappa shape index (κ1) is 19.5. The van der Waals surface area contributed by atoms with Crippen molar-refractivity contribution in [2.45, 2.75) is 25.4 Å². The summed E-state index contributed by atoms with van der Waals surface area (Å²) in [6.07, 6.45) is 6.35. The zero-order chi connectivity index (χ0) is 18.9. The molecule has 1 heterocycles. The molecule has 138 valence electrons. The molecule has 0 spiro atoms. The predicted octanol–water partition coefficient (Wildman–Crippen LogP) is 0.765. The highest BCUT2D eigenvalue weighted by molar-refractivity contribution is 6.01. The second kappa shape index (κ2) is 9.59. The van der Waals surface area contributed by atoms with E-state index in [1.54, 1.807) is 18.2 Å². The van der Waals surface area contributed by atoms with Crippen LogP contribution in [0.4, 0.5) is 0 Å². The summed E-state index contributed by atoms with van der Waals surface area (Å²) in [5, 5.41) is 2.55. The van der Waals surface area contributed by atoms with Crippen molar-refractivity contribution in [3.63, 3.8) is 0 Å². The Labute approximate surface area is 152 Å². The lowest BCUT2D eigenvalue weighted by atomic mass is 10.1. The Morgan fingerprint density at radius 1 is 1.46 bits per heavy atom. The van der Waals surface area contributed by atoms with Gasteiger partial charge < -0.3 is 24.5 Å². The van der Waals surface area contributed by atoms with Crippen LogP contribution >= 0.6 is 0 Å². The van der Waals surface area contributed by atoms with Gasteiger partial charge in [-0.25, -0.2) is 0 Å². The summed E-state index contributed by atoms with van der Waals surface area (Å²) < 4.78 is 10.7. The van der Waals surface area contributed by atoms with E-state index in [0.717, 1.165) is 11.8 Å². The second-order valence-electron chi connectivity index (χ2n) is 5.73. The maximum atomic E-state index is 12.6. The van der Waals surface area contributed by atoms with Crippen LogP contribution in [0.3, 0.4) is 0 Å². The molecule has 0 aromatic heterocycles. The average molecular weight is 358 g/mol. The SMILES string of the molecule is C#CCOCCOc1ccc2c(c1)CN(C(CCC=O)C(=O)NC)C2=O. The topological polar surface area (TPSA) is 84.9 Å². The normalized spacial score (nSPS) is 13.7. The predicted molar refractivity (Wildman–Crippen MR) is 94.6 cm³/mol. The maximum absolute atomic E-state index is 12.6. The minimum atomic E-state index is -0.674. The third-order valence-corrected chi connectivity index (χ3v) is 4.07. The smallest absolute Gasteiger partial charge is 0.255 e. The molecule has 1 aliphatic heterocycles. The fourth-order valence-electron chi connectivity index (χ4n) is 2.83. The summed E-state index contributed by atoms with van der Waals surface area (Å²) >= 11 is 0. The molecule has 1 aromatic rings. The van der Waals surface area contributed by atoms with Crippen molar-refractivity contribution in [1.29, 1.82) is 0 Å². The standard InChI is InChI=1S/C19H22N2O5/c1-3-9-25-10-11-26-15-6-7-16-14(12-15)13-21(19(16)24)17(5-4-8-22)18(23)20-2/h1,6-8,12,17H,4-5,9-11,13H2,2H3,(H,20,23). The van der Waals surface area contributed by atoms with E-state index in [4.69, 9.17) is 15.9 Å². The molecule has 1 aliphatic rings. The van der Waals surface area contributed by atoms with Gasteiger partial charge in [0.05, 0.1) is 6.61 Å². The van der Waals surface area contributed by atoms with E-state index >= 15 is 0 Å². The van der Waals surface area contributed by atoms with Crippen LogP contribution in [-0.2, 0) is 20.9 Å². The van der Waals surface area contributed by atoms with E-state index in [-0.39, 0.29) is 24.8 Å². The molecule has 2 amide bonds. The largest absolute Gasteiger partial charge is 0.491 e. The van der Waals surface area contributed by atoms with Crippen LogP contribution in [-0.4, -0.2) is 55.9 Å². The van der Waals surface area contributed by atoms with Crippen molar-refractivity contribution in [2.24, 2.45) is 0 Å².